The van der Waals surface area contributed by atoms with Crippen LogP contribution in [0.3, 0.4) is 0 Å². The highest BCUT2D eigenvalue weighted by Gasteiger charge is 2.18. The Labute approximate surface area is 223 Å². The number of ether oxygens (including phenoxy) is 1. The van der Waals surface area contributed by atoms with Crippen molar-refractivity contribution in [2.24, 2.45) is 0 Å². The van der Waals surface area contributed by atoms with Crippen molar-refractivity contribution in [3.63, 3.8) is 0 Å². The first-order chi connectivity index (χ1) is 17.2. The molecule has 0 fully saturated rings. The number of hydrogen-bond acceptors (Lipinski definition) is 5. The van der Waals surface area contributed by atoms with Gasteiger partial charge in [-0.2, -0.15) is 0 Å². The molecule has 0 amide bonds. The van der Waals surface area contributed by atoms with Crippen LogP contribution in [0.2, 0.25) is 0 Å². The smallest absolute Gasteiger partial charge is 0.311 e. The zero-order valence-electron chi connectivity index (χ0n) is 24.8. The lowest BCUT2D eigenvalue weighted by Gasteiger charge is -2.24. The number of esters is 1. The van der Waals surface area contributed by atoms with E-state index in [1.54, 1.807) is 0 Å². The molecule has 0 saturated heterocycles. The van der Waals surface area contributed by atoms with E-state index >= 15 is 0 Å². The Balaban J connectivity index is 2.47. The van der Waals surface area contributed by atoms with Crippen LogP contribution in [-0.4, -0.2) is 63.0 Å². The number of nitrogens with zero attached hydrogens (tertiary/aromatic N) is 3. The topological polar surface area (TPSA) is 36.0 Å². The van der Waals surface area contributed by atoms with Crippen LogP contribution < -0.4 is 4.74 Å². The second-order valence-electron chi connectivity index (χ2n) is 11.4. The van der Waals surface area contributed by atoms with Gasteiger partial charge < -0.3 is 19.4 Å². The first-order valence-electron chi connectivity index (χ1n) is 14.5. The van der Waals surface area contributed by atoms with Crippen LogP contribution >= 0.6 is 0 Å². The quantitative estimate of drug-likeness (QED) is 0.100. The highest BCUT2D eigenvalue weighted by molar-refractivity contribution is 5.73. The molecule has 0 aliphatic carbocycles. The van der Waals surface area contributed by atoms with Crippen molar-refractivity contribution in [3.8, 4) is 5.75 Å². The summed E-state index contributed by atoms with van der Waals surface area (Å²) in [4.78, 5) is 19.2. The van der Waals surface area contributed by atoms with E-state index in [0.717, 1.165) is 43.8 Å². The Bertz CT molecular complexity index is 716. The second-order valence-corrected chi connectivity index (χ2v) is 11.4. The SMILES string of the molecule is CCCCCCCCCCCCCCCC(=O)Oc1ccc(CN(C)C)c(CN(C)C)c1CN(C)C. The Morgan fingerprint density at radius 3 is 1.53 bits per heavy atom. The van der Waals surface area contributed by atoms with Gasteiger partial charge in [-0.25, -0.2) is 0 Å². The van der Waals surface area contributed by atoms with E-state index in [0.29, 0.717) is 6.42 Å². The lowest BCUT2D eigenvalue weighted by atomic mass is 9.98. The van der Waals surface area contributed by atoms with E-state index in [4.69, 9.17) is 4.74 Å². The third-order valence-electron chi connectivity index (χ3n) is 6.63. The molecule has 1 aromatic carbocycles. The summed E-state index contributed by atoms with van der Waals surface area (Å²) in [5.41, 5.74) is 3.70. The summed E-state index contributed by atoms with van der Waals surface area (Å²) in [7, 11) is 12.5. The molecule has 36 heavy (non-hydrogen) atoms. The molecule has 0 aromatic heterocycles. The van der Waals surface area contributed by atoms with Crippen LogP contribution in [0.4, 0.5) is 0 Å². The Kier molecular flexibility index (Phi) is 17.8. The minimum atomic E-state index is -0.103. The van der Waals surface area contributed by atoms with Crippen molar-refractivity contribution in [2.75, 3.05) is 42.3 Å². The first kappa shape index (κ1) is 32.6. The van der Waals surface area contributed by atoms with E-state index in [9.17, 15) is 4.79 Å². The maximum absolute atomic E-state index is 12.7. The van der Waals surface area contributed by atoms with Crippen LogP contribution in [0.25, 0.3) is 0 Å². The monoisotopic (exact) mass is 503 g/mol. The van der Waals surface area contributed by atoms with Gasteiger partial charge in [0, 0.05) is 31.6 Å². The molecule has 1 rings (SSSR count). The summed E-state index contributed by atoms with van der Waals surface area (Å²) in [5, 5.41) is 0. The fourth-order valence-electron chi connectivity index (χ4n) is 4.77. The zero-order valence-corrected chi connectivity index (χ0v) is 24.8. The minimum Gasteiger partial charge on any atom is -0.426 e. The number of carbonyl (C=O) groups excluding carboxylic acids is 1. The molecule has 0 heterocycles. The molecule has 0 N–H and O–H groups in total. The van der Waals surface area contributed by atoms with Crippen molar-refractivity contribution in [2.45, 2.75) is 116 Å². The molecule has 0 unspecified atom stereocenters. The van der Waals surface area contributed by atoms with Gasteiger partial charge in [0.2, 0.25) is 0 Å². The van der Waals surface area contributed by atoms with Crippen molar-refractivity contribution in [1.29, 1.82) is 0 Å². The van der Waals surface area contributed by atoms with Crippen LogP contribution in [-0.2, 0) is 24.4 Å². The van der Waals surface area contributed by atoms with Crippen molar-refractivity contribution < 1.29 is 9.53 Å². The highest BCUT2D eigenvalue weighted by atomic mass is 16.5. The van der Waals surface area contributed by atoms with E-state index < -0.39 is 0 Å². The molecular weight excluding hydrogens is 446 g/mol. The van der Waals surface area contributed by atoms with Crippen LogP contribution in [0, 0.1) is 0 Å². The first-order valence-corrected chi connectivity index (χ1v) is 14.5. The van der Waals surface area contributed by atoms with Gasteiger partial charge in [0.05, 0.1) is 0 Å². The Morgan fingerprint density at radius 1 is 0.611 bits per heavy atom. The average molecular weight is 504 g/mol. The second kappa shape index (κ2) is 19.7. The predicted octanol–water partition coefficient (Wildman–Crippen LogP) is 7.26. The standard InChI is InChI=1S/C31H57N3O2/c1-8-9-10-11-12-13-14-15-16-17-18-19-20-21-31(35)36-30-23-22-27(24-32(2)3)28(25-33(4)5)29(30)26-34(6)7/h22-23H,8-21,24-26H2,1-7H3. The normalized spacial score (nSPS) is 11.7. The number of hydrogen-bond donors (Lipinski definition) is 0. The molecule has 0 aliphatic rings. The van der Waals surface area contributed by atoms with Gasteiger partial charge in [-0.1, -0.05) is 90.0 Å². The molecule has 0 atom stereocenters. The van der Waals surface area contributed by atoms with E-state index in [-0.39, 0.29) is 5.97 Å². The molecule has 0 saturated carbocycles. The van der Waals surface area contributed by atoms with Gasteiger partial charge in [-0.3, -0.25) is 4.79 Å². The molecule has 1 aromatic rings. The summed E-state index contributed by atoms with van der Waals surface area (Å²) in [6.45, 7) is 4.73. The lowest BCUT2D eigenvalue weighted by Crippen LogP contribution is -2.22. The molecule has 0 bridgehead atoms. The summed E-state index contributed by atoms with van der Waals surface area (Å²) < 4.78 is 5.94. The van der Waals surface area contributed by atoms with Gasteiger partial charge in [0.25, 0.3) is 0 Å². The summed E-state index contributed by atoms with van der Waals surface area (Å²) in [6, 6.07) is 4.13. The van der Waals surface area contributed by atoms with E-state index in [2.05, 4.69) is 70.0 Å². The zero-order chi connectivity index (χ0) is 26.8. The molecule has 5 heteroatoms. The fourth-order valence-corrected chi connectivity index (χ4v) is 4.77. The van der Waals surface area contributed by atoms with Gasteiger partial charge >= 0.3 is 5.97 Å². The molecular formula is C31H57N3O2. The number of rotatable bonds is 21. The largest absolute Gasteiger partial charge is 0.426 e. The van der Waals surface area contributed by atoms with Gasteiger partial charge in [-0.05, 0) is 65.9 Å². The average Bonchev–Trinajstić information content (AvgIpc) is 2.79. The molecule has 0 spiro atoms. The van der Waals surface area contributed by atoms with Crippen molar-refractivity contribution in [3.05, 3.63) is 28.8 Å². The maximum atomic E-state index is 12.7. The van der Waals surface area contributed by atoms with Crippen LogP contribution in [0.5, 0.6) is 5.75 Å². The predicted molar refractivity (Wildman–Crippen MR) is 155 cm³/mol. The minimum absolute atomic E-state index is 0.103. The molecule has 208 valence electrons. The van der Waals surface area contributed by atoms with Gasteiger partial charge in [0.15, 0.2) is 0 Å². The number of unbranched alkanes of at least 4 members (excludes halogenated alkanes) is 12. The van der Waals surface area contributed by atoms with Crippen molar-refractivity contribution >= 4 is 5.97 Å². The summed E-state index contributed by atoms with van der Waals surface area (Å²) in [6.07, 6.45) is 17.5. The molecule has 0 radical (unpaired) electrons. The van der Waals surface area contributed by atoms with Crippen LogP contribution in [0.1, 0.15) is 114 Å². The fraction of sp³-hybridized carbons (Fsp3) is 0.774. The van der Waals surface area contributed by atoms with E-state index in [1.165, 1.54) is 81.8 Å². The number of carbonyl (C=O) groups is 1. The van der Waals surface area contributed by atoms with Gasteiger partial charge in [-0.15, -0.1) is 0 Å². The Morgan fingerprint density at radius 2 is 1.06 bits per heavy atom. The highest BCUT2D eigenvalue weighted by Crippen LogP contribution is 2.29. The van der Waals surface area contributed by atoms with Gasteiger partial charge in [0.1, 0.15) is 5.75 Å². The molecule has 0 aliphatic heterocycles. The summed E-state index contributed by atoms with van der Waals surface area (Å²) in [5.74, 6) is 0.622. The third-order valence-corrected chi connectivity index (χ3v) is 6.63. The van der Waals surface area contributed by atoms with E-state index in [1.807, 2.05) is 6.07 Å². The van der Waals surface area contributed by atoms with Crippen LogP contribution in [0.15, 0.2) is 12.1 Å². The Hall–Kier alpha value is -1.43. The number of benzene rings is 1. The third kappa shape index (κ3) is 15.0. The molecule has 5 nitrogen and oxygen atoms in total. The lowest BCUT2D eigenvalue weighted by molar-refractivity contribution is -0.134. The maximum Gasteiger partial charge on any atom is 0.311 e. The van der Waals surface area contributed by atoms with Crippen molar-refractivity contribution in [1.82, 2.24) is 14.7 Å². The summed E-state index contributed by atoms with van der Waals surface area (Å²) >= 11 is 0.